The van der Waals surface area contributed by atoms with Crippen LogP contribution in [0.3, 0.4) is 0 Å². The van der Waals surface area contributed by atoms with Gasteiger partial charge in [-0.05, 0) is 57.1 Å². The smallest absolute Gasteiger partial charge is 0.236 e. The molecule has 4 nitrogen and oxygen atoms in total. The number of hydrogen-bond acceptors (Lipinski definition) is 4. The number of hydrogen-bond donors (Lipinski definition) is 1. The number of rotatable bonds is 7. The molecule has 2 heterocycles. The van der Waals surface area contributed by atoms with Crippen LogP contribution in [0.2, 0.25) is 4.34 Å². The third kappa shape index (κ3) is 6.98. The first-order valence-corrected chi connectivity index (χ1v) is 9.19. The maximum Gasteiger partial charge on any atom is 0.236 e. The van der Waals surface area contributed by atoms with Gasteiger partial charge in [-0.3, -0.25) is 9.69 Å². The molecule has 0 saturated carbocycles. The average molecular weight is 380 g/mol. The Labute approximate surface area is 154 Å². The van der Waals surface area contributed by atoms with Crippen molar-refractivity contribution in [1.29, 1.82) is 0 Å². The first-order chi connectivity index (χ1) is 10.6. The number of carbonyl (C=O) groups is 1. The molecule has 1 saturated heterocycles. The van der Waals surface area contributed by atoms with Gasteiger partial charge in [0.05, 0.1) is 17.4 Å². The monoisotopic (exact) mass is 379 g/mol. The second kappa shape index (κ2) is 10.5. The number of likely N-dealkylation sites (tertiary alicyclic amines) is 1. The minimum atomic E-state index is 0. The summed E-state index contributed by atoms with van der Waals surface area (Å²) in [6.45, 7) is 7.52. The fourth-order valence-electron chi connectivity index (χ4n) is 2.77. The molecule has 1 aliphatic heterocycles. The number of amides is 1. The molecule has 1 aromatic heterocycles. The van der Waals surface area contributed by atoms with Gasteiger partial charge >= 0.3 is 0 Å². The van der Waals surface area contributed by atoms with Crippen LogP contribution in [0.25, 0.3) is 0 Å². The molecule has 1 N–H and O–H groups in total. The minimum absolute atomic E-state index is 0. The maximum atomic E-state index is 12.3. The fourth-order valence-corrected chi connectivity index (χ4v) is 3.91. The summed E-state index contributed by atoms with van der Waals surface area (Å²) in [7, 11) is 1.87. The summed E-state index contributed by atoms with van der Waals surface area (Å²) in [5.41, 5.74) is 0. The summed E-state index contributed by atoms with van der Waals surface area (Å²) < 4.78 is 0.776. The SMILES string of the molecule is CCNCC1CCN(CC(=O)N(C)Cc2ccc(Cl)s2)CC1.Cl. The summed E-state index contributed by atoms with van der Waals surface area (Å²) >= 11 is 7.47. The van der Waals surface area contributed by atoms with Crippen LogP contribution in [0.15, 0.2) is 12.1 Å². The van der Waals surface area contributed by atoms with Gasteiger partial charge in [-0.2, -0.15) is 0 Å². The van der Waals surface area contributed by atoms with E-state index in [0.29, 0.717) is 13.1 Å². The van der Waals surface area contributed by atoms with E-state index < -0.39 is 0 Å². The fraction of sp³-hybridized carbons (Fsp3) is 0.688. The van der Waals surface area contributed by atoms with Crippen LogP contribution in [-0.4, -0.2) is 55.5 Å². The maximum absolute atomic E-state index is 12.3. The number of nitrogens with one attached hydrogen (secondary N) is 1. The molecule has 0 aromatic carbocycles. The topological polar surface area (TPSA) is 35.6 Å². The van der Waals surface area contributed by atoms with Crippen LogP contribution >= 0.6 is 35.3 Å². The normalized spacial score (nSPS) is 16.1. The van der Waals surface area contributed by atoms with Crippen LogP contribution in [0, 0.1) is 5.92 Å². The van der Waals surface area contributed by atoms with Gasteiger partial charge in [0.25, 0.3) is 0 Å². The van der Waals surface area contributed by atoms with Crippen molar-refractivity contribution in [2.45, 2.75) is 26.3 Å². The van der Waals surface area contributed by atoms with Crippen LogP contribution in [-0.2, 0) is 11.3 Å². The molecule has 132 valence electrons. The van der Waals surface area contributed by atoms with E-state index in [4.69, 9.17) is 11.6 Å². The quantitative estimate of drug-likeness (QED) is 0.790. The Morgan fingerprint density at radius 1 is 1.43 bits per heavy atom. The molecule has 23 heavy (non-hydrogen) atoms. The minimum Gasteiger partial charge on any atom is -0.340 e. The molecule has 1 fully saturated rings. The highest BCUT2D eigenvalue weighted by Crippen LogP contribution is 2.22. The largest absolute Gasteiger partial charge is 0.340 e. The van der Waals surface area contributed by atoms with Crippen LogP contribution in [0.5, 0.6) is 0 Å². The molecule has 0 unspecified atom stereocenters. The van der Waals surface area contributed by atoms with Crippen molar-refractivity contribution in [2.75, 3.05) is 39.8 Å². The first-order valence-electron chi connectivity index (χ1n) is 7.99. The Morgan fingerprint density at radius 2 is 2.13 bits per heavy atom. The Morgan fingerprint density at radius 3 is 2.70 bits per heavy atom. The van der Waals surface area contributed by atoms with Gasteiger partial charge in [0.2, 0.25) is 5.91 Å². The first kappa shape index (κ1) is 20.7. The zero-order chi connectivity index (χ0) is 15.9. The summed E-state index contributed by atoms with van der Waals surface area (Å²) in [4.78, 5) is 17.5. The van der Waals surface area contributed by atoms with Crippen LogP contribution in [0.4, 0.5) is 0 Å². The second-order valence-corrected chi connectivity index (χ2v) is 7.78. The van der Waals surface area contributed by atoms with Crippen molar-refractivity contribution >= 4 is 41.3 Å². The van der Waals surface area contributed by atoms with E-state index >= 15 is 0 Å². The van der Waals surface area contributed by atoms with Crippen molar-refractivity contribution in [3.05, 3.63) is 21.3 Å². The molecule has 7 heteroatoms. The van der Waals surface area contributed by atoms with E-state index in [2.05, 4.69) is 17.1 Å². The van der Waals surface area contributed by atoms with Crippen LogP contribution in [0.1, 0.15) is 24.6 Å². The van der Waals surface area contributed by atoms with E-state index in [0.717, 1.165) is 41.3 Å². The molecule has 1 amide bonds. The van der Waals surface area contributed by atoms with Gasteiger partial charge in [-0.1, -0.05) is 18.5 Å². The molecule has 0 radical (unpaired) electrons. The molecule has 1 aliphatic rings. The Balaban J connectivity index is 0.00000264. The van der Waals surface area contributed by atoms with Gasteiger partial charge in [-0.25, -0.2) is 0 Å². The molecule has 0 spiro atoms. The molecule has 2 rings (SSSR count). The molecular formula is C16H27Cl2N3OS. The average Bonchev–Trinajstić information content (AvgIpc) is 2.91. The standard InChI is InChI=1S/C16H26ClN3OS.ClH/c1-3-18-10-13-6-8-20(9-7-13)12-16(21)19(2)11-14-4-5-15(17)22-14;/h4-5,13,18H,3,6-12H2,1-2H3;1H. The van der Waals surface area contributed by atoms with Crippen molar-refractivity contribution in [2.24, 2.45) is 5.92 Å². The zero-order valence-corrected chi connectivity index (χ0v) is 16.3. The van der Waals surface area contributed by atoms with Crippen molar-refractivity contribution in [3.8, 4) is 0 Å². The van der Waals surface area contributed by atoms with E-state index in [9.17, 15) is 4.79 Å². The molecule has 0 atom stereocenters. The van der Waals surface area contributed by atoms with E-state index in [-0.39, 0.29) is 18.3 Å². The van der Waals surface area contributed by atoms with Crippen molar-refractivity contribution in [3.63, 3.8) is 0 Å². The predicted octanol–water partition coefficient (Wildman–Crippen LogP) is 3.10. The summed E-state index contributed by atoms with van der Waals surface area (Å²) in [5.74, 6) is 0.951. The number of carbonyl (C=O) groups excluding carboxylic acids is 1. The van der Waals surface area contributed by atoms with E-state index in [1.165, 1.54) is 24.2 Å². The third-order valence-electron chi connectivity index (χ3n) is 4.20. The van der Waals surface area contributed by atoms with Gasteiger partial charge in [0, 0.05) is 11.9 Å². The lowest BCUT2D eigenvalue weighted by Gasteiger charge is -2.32. The van der Waals surface area contributed by atoms with Gasteiger partial charge in [-0.15, -0.1) is 23.7 Å². The lowest BCUT2D eigenvalue weighted by atomic mass is 9.97. The van der Waals surface area contributed by atoms with E-state index in [1.54, 1.807) is 4.90 Å². The van der Waals surface area contributed by atoms with Crippen molar-refractivity contribution in [1.82, 2.24) is 15.1 Å². The van der Waals surface area contributed by atoms with Gasteiger partial charge in [0.1, 0.15) is 0 Å². The summed E-state index contributed by atoms with van der Waals surface area (Å²) in [5, 5.41) is 3.42. The summed E-state index contributed by atoms with van der Waals surface area (Å²) in [6, 6.07) is 3.87. The Bertz CT molecular complexity index is 476. The second-order valence-electron chi connectivity index (χ2n) is 5.98. The van der Waals surface area contributed by atoms with Crippen LogP contribution < -0.4 is 5.32 Å². The number of halogens is 2. The Hall–Kier alpha value is -0.330. The molecular weight excluding hydrogens is 353 g/mol. The number of likely N-dealkylation sites (N-methyl/N-ethyl adjacent to an activating group) is 1. The number of thiophene rings is 1. The van der Waals surface area contributed by atoms with Gasteiger partial charge in [0.15, 0.2) is 0 Å². The molecule has 0 aliphatic carbocycles. The molecule has 1 aromatic rings. The highest BCUT2D eigenvalue weighted by molar-refractivity contribution is 7.16. The zero-order valence-electron chi connectivity index (χ0n) is 13.9. The highest BCUT2D eigenvalue weighted by atomic mass is 35.5. The molecule has 0 bridgehead atoms. The number of piperidine rings is 1. The van der Waals surface area contributed by atoms with E-state index in [1.807, 2.05) is 19.2 Å². The lowest BCUT2D eigenvalue weighted by Crippen LogP contribution is -2.43. The predicted molar refractivity (Wildman–Crippen MR) is 101 cm³/mol. The highest BCUT2D eigenvalue weighted by Gasteiger charge is 2.21. The lowest BCUT2D eigenvalue weighted by molar-refractivity contribution is -0.132. The Kier molecular flexibility index (Phi) is 9.47. The summed E-state index contributed by atoms with van der Waals surface area (Å²) in [6.07, 6.45) is 2.37. The van der Waals surface area contributed by atoms with Gasteiger partial charge < -0.3 is 10.2 Å². The third-order valence-corrected chi connectivity index (χ3v) is 5.41. The van der Waals surface area contributed by atoms with Crippen molar-refractivity contribution < 1.29 is 4.79 Å². The number of nitrogens with zero attached hydrogens (tertiary/aromatic N) is 2.